The lowest BCUT2D eigenvalue weighted by atomic mass is 9.68. The van der Waals surface area contributed by atoms with Crippen LogP contribution in [-0.4, -0.2) is 5.78 Å². The molecule has 1 atom stereocenters. The average Bonchev–Trinajstić information content (AvgIpc) is 3.05. The SMILES string of the molecule is C=Cc1ccc(C2(c3ccc(CC)cc3)C(=O)c3cccc4cccc2c34)cc1. The van der Waals surface area contributed by atoms with E-state index in [1.54, 1.807) is 0 Å². The van der Waals surface area contributed by atoms with Crippen molar-refractivity contribution in [2.75, 3.05) is 0 Å². The number of benzene rings is 4. The molecule has 4 aromatic rings. The summed E-state index contributed by atoms with van der Waals surface area (Å²) in [6.45, 7) is 6.01. The van der Waals surface area contributed by atoms with E-state index in [2.05, 4.69) is 74.2 Å². The van der Waals surface area contributed by atoms with Crippen LogP contribution in [0.1, 0.15) is 45.1 Å². The van der Waals surface area contributed by atoms with Crippen molar-refractivity contribution in [1.29, 1.82) is 0 Å². The molecule has 1 aliphatic carbocycles. The molecule has 0 fully saturated rings. The molecule has 0 heterocycles. The normalized spacial score (nSPS) is 17.6. The Morgan fingerprint density at radius 1 is 0.828 bits per heavy atom. The molecule has 0 spiro atoms. The molecule has 0 aliphatic heterocycles. The van der Waals surface area contributed by atoms with Crippen molar-refractivity contribution >= 4 is 22.6 Å². The van der Waals surface area contributed by atoms with Crippen LogP contribution in [0.25, 0.3) is 16.8 Å². The second kappa shape index (κ2) is 6.56. The van der Waals surface area contributed by atoms with Crippen LogP contribution in [-0.2, 0) is 11.8 Å². The quantitative estimate of drug-likeness (QED) is 0.394. The maximum Gasteiger partial charge on any atom is 0.182 e. The highest BCUT2D eigenvalue weighted by molar-refractivity contribution is 6.23. The van der Waals surface area contributed by atoms with Crippen LogP contribution in [0, 0.1) is 0 Å². The summed E-state index contributed by atoms with van der Waals surface area (Å²) in [4.78, 5) is 14.1. The third kappa shape index (κ3) is 2.37. The minimum atomic E-state index is -0.824. The molecule has 1 nitrogen and oxygen atoms in total. The monoisotopic (exact) mass is 374 g/mol. The van der Waals surface area contributed by atoms with Crippen LogP contribution < -0.4 is 0 Å². The van der Waals surface area contributed by atoms with Gasteiger partial charge in [0.25, 0.3) is 0 Å². The van der Waals surface area contributed by atoms with Crippen LogP contribution >= 0.6 is 0 Å². The second-order valence-corrected chi connectivity index (χ2v) is 7.66. The molecule has 29 heavy (non-hydrogen) atoms. The molecule has 140 valence electrons. The summed E-state index contributed by atoms with van der Waals surface area (Å²) in [6.07, 6.45) is 2.81. The Bertz CT molecular complexity index is 1240. The highest BCUT2D eigenvalue weighted by Crippen LogP contribution is 2.50. The predicted molar refractivity (Wildman–Crippen MR) is 121 cm³/mol. The highest BCUT2D eigenvalue weighted by Gasteiger charge is 2.49. The van der Waals surface area contributed by atoms with E-state index in [4.69, 9.17) is 0 Å². The first kappa shape index (κ1) is 17.6. The summed E-state index contributed by atoms with van der Waals surface area (Å²) in [5.74, 6) is 0.153. The van der Waals surface area contributed by atoms with Gasteiger partial charge in [-0.2, -0.15) is 0 Å². The summed E-state index contributed by atoms with van der Waals surface area (Å²) in [6, 6.07) is 29.1. The molecule has 0 amide bonds. The van der Waals surface area contributed by atoms with E-state index in [0.717, 1.165) is 45.0 Å². The molecule has 0 aromatic heterocycles. The first-order valence-corrected chi connectivity index (χ1v) is 10.1. The first-order valence-electron chi connectivity index (χ1n) is 10.1. The molecule has 0 bridgehead atoms. The number of rotatable bonds is 4. The first-order chi connectivity index (χ1) is 14.2. The molecule has 1 heteroatoms. The Morgan fingerprint density at radius 3 is 2.07 bits per heavy atom. The number of Topliss-reactive ketones (excluding diaryl/α,β-unsaturated/α-hetero) is 1. The van der Waals surface area contributed by atoms with Gasteiger partial charge in [0.1, 0.15) is 5.41 Å². The zero-order valence-corrected chi connectivity index (χ0v) is 16.5. The molecular weight excluding hydrogens is 352 g/mol. The number of aryl methyl sites for hydroxylation is 1. The maximum absolute atomic E-state index is 14.1. The third-order valence-electron chi connectivity index (χ3n) is 6.27. The summed E-state index contributed by atoms with van der Waals surface area (Å²) in [5, 5.41) is 2.19. The van der Waals surface area contributed by atoms with E-state index in [9.17, 15) is 4.79 Å². The summed E-state index contributed by atoms with van der Waals surface area (Å²) < 4.78 is 0. The van der Waals surface area contributed by atoms with Gasteiger partial charge in [-0.3, -0.25) is 4.79 Å². The number of carbonyl (C=O) groups excluding carboxylic acids is 1. The van der Waals surface area contributed by atoms with E-state index >= 15 is 0 Å². The van der Waals surface area contributed by atoms with Crippen molar-refractivity contribution in [1.82, 2.24) is 0 Å². The average molecular weight is 374 g/mol. The van der Waals surface area contributed by atoms with E-state index in [-0.39, 0.29) is 5.78 Å². The zero-order valence-electron chi connectivity index (χ0n) is 16.5. The Balaban J connectivity index is 1.88. The number of carbonyl (C=O) groups is 1. The lowest BCUT2D eigenvalue weighted by Gasteiger charge is -2.31. The van der Waals surface area contributed by atoms with Crippen LogP contribution in [0.2, 0.25) is 0 Å². The van der Waals surface area contributed by atoms with E-state index in [1.807, 2.05) is 30.3 Å². The molecule has 1 aliphatic rings. The molecular formula is C28H22O. The van der Waals surface area contributed by atoms with Gasteiger partial charge in [0.2, 0.25) is 0 Å². The Labute approximate surface area is 171 Å². The fraction of sp³-hybridized carbons (Fsp3) is 0.107. The minimum absolute atomic E-state index is 0.153. The topological polar surface area (TPSA) is 17.1 Å². The van der Waals surface area contributed by atoms with Gasteiger partial charge in [0.05, 0.1) is 0 Å². The van der Waals surface area contributed by atoms with Crippen LogP contribution in [0.5, 0.6) is 0 Å². The number of hydrogen-bond acceptors (Lipinski definition) is 1. The van der Waals surface area contributed by atoms with E-state index < -0.39 is 5.41 Å². The largest absolute Gasteiger partial charge is 0.292 e. The Morgan fingerprint density at radius 2 is 1.45 bits per heavy atom. The second-order valence-electron chi connectivity index (χ2n) is 7.66. The van der Waals surface area contributed by atoms with Crippen molar-refractivity contribution in [3.63, 3.8) is 0 Å². The van der Waals surface area contributed by atoms with Crippen molar-refractivity contribution in [2.24, 2.45) is 0 Å². The van der Waals surface area contributed by atoms with Gasteiger partial charge >= 0.3 is 0 Å². The van der Waals surface area contributed by atoms with Gasteiger partial charge in [0, 0.05) is 5.56 Å². The van der Waals surface area contributed by atoms with Gasteiger partial charge in [-0.25, -0.2) is 0 Å². The van der Waals surface area contributed by atoms with Crippen LogP contribution in [0.15, 0.2) is 91.5 Å². The molecule has 1 unspecified atom stereocenters. The van der Waals surface area contributed by atoms with Crippen LogP contribution in [0.4, 0.5) is 0 Å². The molecule has 0 saturated carbocycles. The summed E-state index contributed by atoms with van der Waals surface area (Å²) in [5.41, 5.74) is 5.40. The fourth-order valence-electron chi connectivity index (χ4n) is 4.77. The lowest BCUT2D eigenvalue weighted by molar-refractivity contribution is 0.0945. The van der Waals surface area contributed by atoms with Gasteiger partial charge in [0.15, 0.2) is 5.78 Å². The Hall–Kier alpha value is -3.45. The summed E-state index contributed by atoms with van der Waals surface area (Å²) >= 11 is 0. The van der Waals surface area contributed by atoms with Crippen molar-refractivity contribution in [2.45, 2.75) is 18.8 Å². The standard InChI is InChI=1S/C28H22O/c1-3-19-11-15-22(16-12-19)28(23-17-13-20(4-2)14-18-23)25-10-6-8-21-7-5-9-24(26(21)25)27(28)29/h3,5-18H,1,4H2,2H3. The highest BCUT2D eigenvalue weighted by atomic mass is 16.1. The summed E-state index contributed by atoms with van der Waals surface area (Å²) in [7, 11) is 0. The van der Waals surface area contributed by atoms with Crippen molar-refractivity contribution < 1.29 is 4.79 Å². The third-order valence-corrected chi connectivity index (χ3v) is 6.27. The molecule has 0 N–H and O–H groups in total. The fourth-order valence-corrected chi connectivity index (χ4v) is 4.77. The molecule has 0 radical (unpaired) electrons. The van der Waals surface area contributed by atoms with Gasteiger partial charge in [-0.15, -0.1) is 0 Å². The number of hydrogen-bond donors (Lipinski definition) is 0. The zero-order chi connectivity index (χ0) is 20.0. The smallest absolute Gasteiger partial charge is 0.182 e. The van der Waals surface area contributed by atoms with Crippen LogP contribution in [0.3, 0.4) is 0 Å². The lowest BCUT2D eigenvalue weighted by Crippen LogP contribution is -2.35. The van der Waals surface area contributed by atoms with E-state index in [1.165, 1.54) is 5.56 Å². The number of ketones is 1. The molecule has 4 aromatic carbocycles. The minimum Gasteiger partial charge on any atom is -0.292 e. The van der Waals surface area contributed by atoms with Crippen molar-refractivity contribution in [3.05, 3.63) is 125 Å². The Kier molecular flexibility index (Phi) is 3.99. The maximum atomic E-state index is 14.1. The van der Waals surface area contributed by atoms with Gasteiger partial charge in [-0.1, -0.05) is 105 Å². The predicted octanol–water partition coefficient (Wildman–Crippen LogP) is 6.58. The molecule has 5 rings (SSSR count). The van der Waals surface area contributed by atoms with Crippen molar-refractivity contribution in [3.8, 4) is 0 Å². The van der Waals surface area contributed by atoms with Gasteiger partial charge < -0.3 is 0 Å². The van der Waals surface area contributed by atoms with E-state index in [0.29, 0.717) is 0 Å². The molecule has 0 saturated heterocycles. The van der Waals surface area contributed by atoms with Gasteiger partial charge in [-0.05, 0) is 45.0 Å².